The fourth-order valence-electron chi connectivity index (χ4n) is 2.06. The van der Waals surface area contributed by atoms with Gasteiger partial charge in [-0.05, 0) is 32.3 Å². The summed E-state index contributed by atoms with van der Waals surface area (Å²) in [5, 5.41) is 2.99. The minimum atomic E-state index is 0.0589. The van der Waals surface area contributed by atoms with Crippen LogP contribution in [-0.4, -0.2) is 11.9 Å². The van der Waals surface area contributed by atoms with Gasteiger partial charge < -0.3 is 11.1 Å². The SMILES string of the molecule is Cc1cccc(CNC(=O)C(C)CCCC(C)N)c1. The molecular weight excluding hydrogens is 236 g/mol. The van der Waals surface area contributed by atoms with E-state index in [9.17, 15) is 4.79 Å². The molecule has 1 aromatic carbocycles. The van der Waals surface area contributed by atoms with Crippen LogP contribution in [0.2, 0.25) is 0 Å². The zero-order chi connectivity index (χ0) is 14.3. The van der Waals surface area contributed by atoms with Gasteiger partial charge in [0.2, 0.25) is 5.91 Å². The van der Waals surface area contributed by atoms with Crippen LogP contribution in [0.25, 0.3) is 0 Å². The van der Waals surface area contributed by atoms with E-state index >= 15 is 0 Å². The van der Waals surface area contributed by atoms with Crippen LogP contribution in [0, 0.1) is 12.8 Å². The average molecular weight is 262 g/mol. The molecule has 0 aliphatic heterocycles. The average Bonchev–Trinajstić information content (AvgIpc) is 2.35. The molecule has 2 unspecified atom stereocenters. The van der Waals surface area contributed by atoms with Crippen molar-refractivity contribution < 1.29 is 4.79 Å². The second-order valence-electron chi connectivity index (χ2n) is 5.52. The van der Waals surface area contributed by atoms with Crippen molar-refractivity contribution in [1.29, 1.82) is 0 Å². The Morgan fingerprint density at radius 2 is 2.05 bits per heavy atom. The molecule has 0 spiro atoms. The molecule has 0 fully saturated rings. The number of carbonyl (C=O) groups excluding carboxylic acids is 1. The third-order valence-corrected chi connectivity index (χ3v) is 3.29. The first-order chi connectivity index (χ1) is 8.99. The Bertz CT molecular complexity index is 401. The highest BCUT2D eigenvalue weighted by molar-refractivity contribution is 5.78. The van der Waals surface area contributed by atoms with E-state index in [1.54, 1.807) is 0 Å². The van der Waals surface area contributed by atoms with Gasteiger partial charge in [-0.15, -0.1) is 0 Å². The lowest BCUT2D eigenvalue weighted by molar-refractivity contribution is -0.124. The van der Waals surface area contributed by atoms with Crippen LogP contribution in [-0.2, 0) is 11.3 Å². The van der Waals surface area contributed by atoms with Crippen LogP contribution in [0.1, 0.15) is 44.2 Å². The van der Waals surface area contributed by atoms with Crippen LogP contribution in [0.3, 0.4) is 0 Å². The lowest BCUT2D eigenvalue weighted by Crippen LogP contribution is -2.29. The number of rotatable bonds is 7. The molecule has 0 aliphatic rings. The molecule has 3 nitrogen and oxygen atoms in total. The molecular formula is C16H26N2O. The predicted octanol–water partition coefficient (Wildman–Crippen LogP) is 2.76. The first-order valence-corrected chi connectivity index (χ1v) is 7.08. The van der Waals surface area contributed by atoms with Gasteiger partial charge in [-0.25, -0.2) is 0 Å². The Balaban J connectivity index is 2.30. The van der Waals surface area contributed by atoms with Gasteiger partial charge in [-0.3, -0.25) is 4.79 Å². The summed E-state index contributed by atoms with van der Waals surface area (Å²) in [5.41, 5.74) is 8.07. The van der Waals surface area contributed by atoms with Gasteiger partial charge in [0.1, 0.15) is 0 Å². The Labute approximate surface area is 116 Å². The third kappa shape index (κ3) is 6.39. The lowest BCUT2D eigenvalue weighted by Gasteiger charge is -2.13. The summed E-state index contributed by atoms with van der Waals surface area (Å²) in [7, 11) is 0. The highest BCUT2D eigenvalue weighted by Crippen LogP contribution is 2.10. The van der Waals surface area contributed by atoms with Gasteiger partial charge >= 0.3 is 0 Å². The molecule has 0 aromatic heterocycles. The smallest absolute Gasteiger partial charge is 0.223 e. The van der Waals surface area contributed by atoms with E-state index in [1.165, 1.54) is 5.56 Å². The summed E-state index contributed by atoms with van der Waals surface area (Å²) in [5.74, 6) is 0.190. The van der Waals surface area contributed by atoms with Crippen molar-refractivity contribution in [1.82, 2.24) is 5.32 Å². The number of nitrogens with two attached hydrogens (primary N) is 1. The quantitative estimate of drug-likeness (QED) is 0.794. The van der Waals surface area contributed by atoms with Gasteiger partial charge in [-0.1, -0.05) is 43.2 Å². The Morgan fingerprint density at radius 3 is 2.68 bits per heavy atom. The summed E-state index contributed by atoms with van der Waals surface area (Å²) in [6.45, 7) is 6.65. The zero-order valence-electron chi connectivity index (χ0n) is 12.3. The van der Waals surface area contributed by atoms with Crippen molar-refractivity contribution >= 4 is 5.91 Å². The molecule has 19 heavy (non-hydrogen) atoms. The summed E-state index contributed by atoms with van der Waals surface area (Å²) in [4.78, 5) is 11.9. The molecule has 2 atom stereocenters. The van der Waals surface area contributed by atoms with E-state index in [-0.39, 0.29) is 17.9 Å². The number of amides is 1. The van der Waals surface area contributed by atoms with Gasteiger partial charge in [0, 0.05) is 18.5 Å². The maximum absolute atomic E-state index is 11.9. The van der Waals surface area contributed by atoms with E-state index in [2.05, 4.69) is 24.4 Å². The van der Waals surface area contributed by atoms with E-state index in [0.29, 0.717) is 6.54 Å². The standard InChI is InChI=1S/C16H26N2O/c1-12-6-4-9-15(10-12)11-18-16(19)13(2)7-5-8-14(3)17/h4,6,9-10,13-14H,5,7-8,11,17H2,1-3H3,(H,18,19). The van der Waals surface area contributed by atoms with Gasteiger partial charge in [0.05, 0.1) is 0 Å². The van der Waals surface area contributed by atoms with Crippen molar-refractivity contribution in [3.8, 4) is 0 Å². The lowest BCUT2D eigenvalue weighted by atomic mass is 10.0. The highest BCUT2D eigenvalue weighted by atomic mass is 16.1. The fraction of sp³-hybridized carbons (Fsp3) is 0.562. The number of hydrogen-bond donors (Lipinski definition) is 2. The van der Waals surface area contributed by atoms with E-state index in [1.807, 2.05) is 26.0 Å². The number of aryl methyl sites for hydroxylation is 1. The van der Waals surface area contributed by atoms with Crippen LogP contribution in [0.5, 0.6) is 0 Å². The molecule has 1 aromatic rings. The normalized spacial score (nSPS) is 13.9. The third-order valence-electron chi connectivity index (χ3n) is 3.29. The first-order valence-electron chi connectivity index (χ1n) is 7.08. The molecule has 0 saturated heterocycles. The second-order valence-corrected chi connectivity index (χ2v) is 5.52. The Hall–Kier alpha value is -1.35. The minimum absolute atomic E-state index is 0.0589. The molecule has 106 valence electrons. The summed E-state index contributed by atoms with van der Waals surface area (Å²) in [6.07, 6.45) is 2.90. The topological polar surface area (TPSA) is 55.1 Å². The molecule has 0 radical (unpaired) electrons. The van der Waals surface area contributed by atoms with Gasteiger partial charge in [0.15, 0.2) is 0 Å². The fourth-order valence-corrected chi connectivity index (χ4v) is 2.06. The molecule has 1 amide bonds. The molecule has 0 aliphatic carbocycles. The van der Waals surface area contributed by atoms with Gasteiger partial charge in [0.25, 0.3) is 0 Å². The van der Waals surface area contributed by atoms with E-state index < -0.39 is 0 Å². The predicted molar refractivity (Wildman–Crippen MR) is 79.7 cm³/mol. The summed E-state index contributed by atoms with van der Waals surface area (Å²) in [6, 6.07) is 8.43. The largest absolute Gasteiger partial charge is 0.352 e. The van der Waals surface area contributed by atoms with Crippen LogP contribution < -0.4 is 11.1 Å². The van der Waals surface area contributed by atoms with E-state index in [0.717, 1.165) is 24.8 Å². The molecule has 3 heteroatoms. The highest BCUT2D eigenvalue weighted by Gasteiger charge is 2.12. The maximum Gasteiger partial charge on any atom is 0.223 e. The Morgan fingerprint density at radius 1 is 1.32 bits per heavy atom. The zero-order valence-corrected chi connectivity index (χ0v) is 12.3. The van der Waals surface area contributed by atoms with Crippen molar-refractivity contribution in [2.45, 2.75) is 52.6 Å². The second kappa shape index (κ2) is 7.95. The van der Waals surface area contributed by atoms with Crippen molar-refractivity contribution in [2.75, 3.05) is 0 Å². The van der Waals surface area contributed by atoms with Crippen molar-refractivity contribution in [2.24, 2.45) is 11.7 Å². The first kappa shape index (κ1) is 15.7. The molecule has 0 heterocycles. The minimum Gasteiger partial charge on any atom is -0.352 e. The number of carbonyl (C=O) groups is 1. The van der Waals surface area contributed by atoms with Crippen molar-refractivity contribution in [3.05, 3.63) is 35.4 Å². The Kier molecular flexibility index (Phi) is 6.57. The van der Waals surface area contributed by atoms with Crippen LogP contribution in [0.15, 0.2) is 24.3 Å². The van der Waals surface area contributed by atoms with E-state index in [4.69, 9.17) is 5.73 Å². The molecule has 0 bridgehead atoms. The van der Waals surface area contributed by atoms with Gasteiger partial charge in [-0.2, -0.15) is 0 Å². The monoisotopic (exact) mass is 262 g/mol. The van der Waals surface area contributed by atoms with Crippen LogP contribution in [0.4, 0.5) is 0 Å². The van der Waals surface area contributed by atoms with Crippen LogP contribution >= 0.6 is 0 Å². The van der Waals surface area contributed by atoms with Crippen molar-refractivity contribution in [3.63, 3.8) is 0 Å². The number of hydrogen-bond acceptors (Lipinski definition) is 2. The maximum atomic E-state index is 11.9. The molecule has 3 N–H and O–H groups in total. The summed E-state index contributed by atoms with van der Waals surface area (Å²) < 4.78 is 0. The number of benzene rings is 1. The summed E-state index contributed by atoms with van der Waals surface area (Å²) >= 11 is 0. The molecule has 0 saturated carbocycles. The number of nitrogens with one attached hydrogen (secondary N) is 1. The molecule has 1 rings (SSSR count).